The third kappa shape index (κ3) is 2.29. The summed E-state index contributed by atoms with van der Waals surface area (Å²) in [6.45, 7) is 0. The fourth-order valence-corrected chi connectivity index (χ4v) is 2.46. The molecule has 4 nitrogen and oxygen atoms in total. The summed E-state index contributed by atoms with van der Waals surface area (Å²) in [6.07, 6.45) is 5.02. The highest BCUT2D eigenvalue weighted by Crippen LogP contribution is 2.26. The molecular weight excluding hydrogens is 240 g/mol. The number of carboxylic acid groups (broad SMARTS) is 1. The highest BCUT2D eigenvalue weighted by atomic mass is 16.4. The minimum absolute atomic E-state index is 0.183. The van der Waals surface area contributed by atoms with Crippen LogP contribution in [0.25, 0.3) is 0 Å². The predicted molar refractivity (Wildman–Crippen MR) is 72.9 cm³/mol. The smallest absolute Gasteiger partial charge is 0.339 e. The van der Waals surface area contributed by atoms with Crippen LogP contribution in [0.2, 0.25) is 0 Å². The zero-order valence-corrected chi connectivity index (χ0v) is 10.4. The second-order valence-electron chi connectivity index (χ2n) is 4.67. The lowest BCUT2D eigenvalue weighted by Gasteiger charge is -2.09. The molecule has 0 saturated heterocycles. The van der Waals surface area contributed by atoms with Gasteiger partial charge in [0.05, 0.1) is 0 Å². The molecule has 1 heterocycles. The number of anilines is 2. The molecule has 0 unspecified atom stereocenters. The summed E-state index contributed by atoms with van der Waals surface area (Å²) in [4.78, 5) is 15.2. The standard InChI is InChI=1S/C15H14N2O2/c18-15(19)13-5-2-8-16-14(13)17-12-7-6-10-3-1-4-11(10)9-12/h2,5-9H,1,3-4H2,(H,16,17)(H,18,19). The lowest BCUT2D eigenvalue weighted by Crippen LogP contribution is -2.04. The fourth-order valence-electron chi connectivity index (χ4n) is 2.46. The molecule has 0 amide bonds. The van der Waals surface area contributed by atoms with E-state index in [9.17, 15) is 4.79 Å². The summed E-state index contributed by atoms with van der Waals surface area (Å²) >= 11 is 0. The number of nitrogens with zero attached hydrogens (tertiary/aromatic N) is 1. The molecule has 1 aliphatic carbocycles. The van der Waals surface area contributed by atoms with Crippen molar-refractivity contribution in [2.24, 2.45) is 0 Å². The van der Waals surface area contributed by atoms with Crippen LogP contribution in [0, 0.1) is 0 Å². The van der Waals surface area contributed by atoms with Gasteiger partial charge >= 0.3 is 5.97 Å². The van der Waals surface area contributed by atoms with Crippen LogP contribution >= 0.6 is 0 Å². The molecule has 1 aliphatic rings. The van der Waals surface area contributed by atoms with Crippen LogP contribution in [-0.4, -0.2) is 16.1 Å². The average Bonchev–Trinajstić information content (AvgIpc) is 2.86. The molecule has 0 atom stereocenters. The van der Waals surface area contributed by atoms with E-state index in [1.54, 1.807) is 18.3 Å². The Kier molecular flexibility index (Phi) is 2.91. The van der Waals surface area contributed by atoms with Gasteiger partial charge in [0.25, 0.3) is 0 Å². The quantitative estimate of drug-likeness (QED) is 0.883. The highest BCUT2D eigenvalue weighted by Gasteiger charge is 2.13. The molecule has 0 aliphatic heterocycles. The van der Waals surface area contributed by atoms with Gasteiger partial charge in [0, 0.05) is 11.9 Å². The van der Waals surface area contributed by atoms with Crippen LogP contribution in [0.4, 0.5) is 11.5 Å². The van der Waals surface area contributed by atoms with Gasteiger partial charge in [-0.15, -0.1) is 0 Å². The molecule has 96 valence electrons. The van der Waals surface area contributed by atoms with Crippen molar-refractivity contribution in [2.75, 3.05) is 5.32 Å². The lowest BCUT2D eigenvalue weighted by molar-refractivity contribution is 0.0697. The van der Waals surface area contributed by atoms with E-state index >= 15 is 0 Å². The molecule has 19 heavy (non-hydrogen) atoms. The van der Waals surface area contributed by atoms with E-state index < -0.39 is 5.97 Å². The second-order valence-corrected chi connectivity index (χ2v) is 4.67. The summed E-state index contributed by atoms with van der Waals surface area (Å²) in [5.41, 5.74) is 3.81. The van der Waals surface area contributed by atoms with Crippen molar-refractivity contribution in [1.29, 1.82) is 0 Å². The first kappa shape index (κ1) is 11.7. The number of hydrogen-bond donors (Lipinski definition) is 2. The van der Waals surface area contributed by atoms with Gasteiger partial charge in [0.1, 0.15) is 11.4 Å². The van der Waals surface area contributed by atoms with Crippen LogP contribution in [0.1, 0.15) is 27.9 Å². The van der Waals surface area contributed by atoms with Gasteiger partial charge in [0.2, 0.25) is 0 Å². The molecule has 0 bridgehead atoms. The Bertz CT molecular complexity index is 638. The Morgan fingerprint density at radius 3 is 2.89 bits per heavy atom. The molecule has 0 saturated carbocycles. The summed E-state index contributed by atoms with van der Waals surface area (Å²) in [6, 6.07) is 9.34. The van der Waals surface area contributed by atoms with Gasteiger partial charge in [0.15, 0.2) is 0 Å². The lowest BCUT2D eigenvalue weighted by atomic mass is 10.1. The number of aromatic nitrogens is 1. The first-order valence-electron chi connectivity index (χ1n) is 6.31. The van der Waals surface area contributed by atoms with E-state index in [2.05, 4.69) is 22.4 Å². The van der Waals surface area contributed by atoms with Gasteiger partial charge in [-0.25, -0.2) is 9.78 Å². The van der Waals surface area contributed by atoms with Gasteiger partial charge in [-0.2, -0.15) is 0 Å². The Morgan fingerprint density at radius 2 is 2.05 bits per heavy atom. The van der Waals surface area contributed by atoms with Crippen molar-refractivity contribution >= 4 is 17.5 Å². The summed E-state index contributed by atoms with van der Waals surface area (Å²) in [5, 5.41) is 12.2. The van der Waals surface area contributed by atoms with Crippen molar-refractivity contribution in [3.05, 3.63) is 53.2 Å². The number of pyridine rings is 1. The number of nitrogens with one attached hydrogen (secondary N) is 1. The van der Waals surface area contributed by atoms with Crippen molar-refractivity contribution in [3.8, 4) is 0 Å². The number of carboxylic acids is 1. The SMILES string of the molecule is O=C(O)c1cccnc1Nc1ccc2c(c1)CCC2. The zero-order chi connectivity index (χ0) is 13.2. The van der Waals surface area contributed by atoms with Crippen molar-refractivity contribution in [2.45, 2.75) is 19.3 Å². The van der Waals surface area contributed by atoms with E-state index in [1.807, 2.05) is 6.07 Å². The second kappa shape index (κ2) is 4.72. The molecule has 0 spiro atoms. The van der Waals surface area contributed by atoms with E-state index in [0.29, 0.717) is 5.82 Å². The highest BCUT2D eigenvalue weighted by molar-refractivity contribution is 5.93. The van der Waals surface area contributed by atoms with Crippen LogP contribution < -0.4 is 5.32 Å². The van der Waals surface area contributed by atoms with Crippen LogP contribution in [0.15, 0.2) is 36.5 Å². The fraction of sp³-hybridized carbons (Fsp3) is 0.200. The molecule has 0 fully saturated rings. The first-order chi connectivity index (χ1) is 9.24. The van der Waals surface area contributed by atoms with Gasteiger partial charge in [-0.3, -0.25) is 0 Å². The molecule has 0 radical (unpaired) electrons. The summed E-state index contributed by atoms with van der Waals surface area (Å²) < 4.78 is 0. The molecule has 1 aromatic carbocycles. The molecule has 4 heteroatoms. The topological polar surface area (TPSA) is 62.2 Å². The molecule has 2 N–H and O–H groups in total. The van der Waals surface area contributed by atoms with Crippen molar-refractivity contribution < 1.29 is 9.90 Å². The first-order valence-corrected chi connectivity index (χ1v) is 6.31. The maximum Gasteiger partial charge on any atom is 0.339 e. The van der Waals surface area contributed by atoms with Gasteiger partial charge in [-0.05, 0) is 54.7 Å². The van der Waals surface area contributed by atoms with E-state index in [0.717, 1.165) is 18.5 Å². The van der Waals surface area contributed by atoms with Gasteiger partial charge in [-0.1, -0.05) is 6.07 Å². The Morgan fingerprint density at radius 1 is 1.21 bits per heavy atom. The molecule has 2 aromatic rings. The predicted octanol–water partition coefficient (Wildman–Crippen LogP) is 3.01. The maximum absolute atomic E-state index is 11.1. The van der Waals surface area contributed by atoms with Crippen LogP contribution in [-0.2, 0) is 12.8 Å². The Labute approximate surface area is 111 Å². The minimum Gasteiger partial charge on any atom is -0.478 e. The third-order valence-electron chi connectivity index (χ3n) is 3.40. The molecular formula is C15H14N2O2. The number of aryl methyl sites for hydroxylation is 2. The largest absolute Gasteiger partial charge is 0.478 e. The van der Waals surface area contributed by atoms with Crippen molar-refractivity contribution in [1.82, 2.24) is 4.98 Å². The van der Waals surface area contributed by atoms with E-state index in [-0.39, 0.29) is 5.56 Å². The van der Waals surface area contributed by atoms with E-state index in [4.69, 9.17) is 5.11 Å². The average molecular weight is 254 g/mol. The minimum atomic E-state index is -0.975. The normalized spacial score (nSPS) is 13.1. The molecule has 3 rings (SSSR count). The van der Waals surface area contributed by atoms with Gasteiger partial charge < -0.3 is 10.4 Å². The number of hydrogen-bond acceptors (Lipinski definition) is 3. The number of fused-ring (bicyclic) bond motifs is 1. The zero-order valence-electron chi connectivity index (χ0n) is 10.4. The number of carbonyl (C=O) groups is 1. The van der Waals surface area contributed by atoms with E-state index in [1.165, 1.54) is 17.5 Å². The molecule has 1 aromatic heterocycles. The van der Waals surface area contributed by atoms with Crippen LogP contribution in [0.3, 0.4) is 0 Å². The Balaban J connectivity index is 1.91. The monoisotopic (exact) mass is 254 g/mol. The Hall–Kier alpha value is -2.36. The third-order valence-corrected chi connectivity index (χ3v) is 3.40. The number of rotatable bonds is 3. The van der Waals surface area contributed by atoms with Crippen molar-refractivity contribution in [3.63, 3.8) is 0 Å². The summed E-state index contributed by atoms with van der Waals surface area (Å²) in [7, 11) is 0. The number of benzene rings is 1. The maximum atomic E-state index is 11.1. The summed E-state index contributed by atoms with van der Waals surface area (Å²) in [5.74, 6) is -0.593. The van der Waals surface area contributed by atoms with Crippen LogP contribution in [0.5, 0.6) is 0 Å². The number of aromatic carboxylic acids is 1.